The molecule has 0 heterocycles. The number of rotatable bonds is 4. The average Bonchev–Trinajstić information content (AvgIpc) is 2.58. The van der Waals surface area contributed by atoms with Crippen molar-refractivity contribution in [2.24, 2.45) is 0 Å². The predicted molar refractivity (Wildman–Crippen MR) is 92.4 cm³/mol. The number of hydrogen-bond donors (Lipinski definition) is 1. The Morgan fingerprint density at radius 3 is 2.09 bits per heavy atom. The minimum absolute atomic E-state index is 0.243. The maximum Gasteiger partial charge on any atom is 0.257 e. The van der Waals surface area contributed by atoms with E-state index < -0.39 is 0 Å². The van der Waals surface area contributed by atoms with Crippen LogP contribution in [0, 0.1) is 0 Å². The van der Waals surface area contributed by atoms with Gasteiger partial charge in [-0.05, 0) is 48.5 Å². The molecule has 0 aliphatic carbocycles. The second-order valence-corrected chi connectivity index (χ2v) is 5.28. The van der Waals surface area contributed by atoms with Crippen molar-refractivity contribution in [1.29, 1.82) is 0 Å². The summed E-state index contributed by atoms with van der Waals surface area (Å²) in [5, 5.41) is 3.24. The van der Waals surface area contributed by atoms with Crippen LogP contribution in [0.4, 0.5) is 5.69 Å². The Hall–Kier alpha value is -2.78. The van der Waals surface area contributed by atoms with Gasteiger partial charge in [0.2, 0.25) is 0 Å². The van der Waals surface area contributed by atoms with Gasteiger partial charge in [-0.3, -0.25) is 4.79 Å². The third kappa shape index (κ3) is 3.90. The molecule has 0 fully saturated rings. The minimum Gasteiger partial charge on any atom is -0.457 e. The Labute approximate surface area is 139 Å². The normalized spacial score (nSPS) is 10.1. The standard InChI is InChI=1S/C19H14ClNO2/c20-18-9-5-4-8-17(18)19(22)21-14-10-12-16(13-11-14)23-15-6-2-1-3-7-15/h1-13H,(H,21,22). The van der Waals surface area contributed by atoms with Crippen LogP contribution in [0.25, 0.3) is 0 Å². The molecule has 3 aromatic carbocycles. The Bertz CT molecular complexity index is 801. The molecule has 0 aliphatic heterocycles. The summed E-state index contributed by atoms with van der Waals surface area (Å²) in [4.78, 5) is 12.2. The van der Waals surface area contributed by atoms with Crippen molar-refractivity contribution in [2.45, 2.75) is 0 Å². The fraction of sp³-hybridized carbons (Fsp3) is 0. The van der Waals surface area contributed by atoms with Gasteiger partial charge in [-0.1, -0.05) is 41.9 Å². The highest BCUT2D eigenvalue weighted by molar-refractivity contribution is 6.34. The number of nitrogens with one attached hydrogen (secondary N) is 1. The highest BCUT2D eigenvalue weighted by Crippen LogP contribution is 2.23. The van der Waals surface area contributed by atoms with Gasteiger partial charge in [-0.25, -0.2) is 0 Å². The van der Waals surface area contributed by atoms with E-state index in [1.54, 1.807) is 48.5 Å². The van der Waals surface area contributed by atoms with Gasteiger partial charge in [0.05, 0.1) is 10.6 Å². The first-order chi connectivity index (χ1) is 11.2. The van der Waals surface area contributed by atoms with Crippen molar-refractivity contribution in [2.75, 3.05) is 5.32 Å². The van der Waals surface area contributed by atoms with Crippen LogP contribution in [0.3, 0.4) is 0 Å². The summed E-state index contributed by atoms with van der Waals surface area (Å²) in [5.74, 6) is 1.22. The van der Waals surface area contributed by atoms with E-state index >= 15 is 0 Å². The Morgan fingerprint density at radius 1 is 0.783 bits per heavy atom. The van der Waals surface area contributed by atoms with Crippen molar-refractivity contribution in [3.05, 3.63) is 89.4 Å². The number of ether oxygens (including phenoxy) is 1. The topological polar surface area (TPSA) is 38.3 Å². The van der Waals surface area contributed by atoms with Crippen molar-refractivity contribution >= 4 is 23.2 Å². The number of hydrogen-bond acceptors (Lipinski definition) is 2. The summed E-state index contributed by atoms with van der Waals surface area (Å²) in [6, 6.07) is 23.6. The van der Waals surface area contributed by atoms with E-state index in [1.165, 1.54) is 0 Å². The predicted octanol–water partition coefficient (Wildman–Crippen LogP) is 5.38. The van der Waals surface area contributed by atoms with Gasteiger partial charge in [0, 0.05) is 5.69 Å². The molecule has 4 heteroatoms. The van der Waals surface area contributed by atoms with Crippen LogP contribution < -0.4 is 10.1 Å². The third-order valence-electron chi connectivity index (χ3n) is 3.21. The lowest BCUT2D eigenvalue weighted by molar-refractivity contribution is 0.102. The molecule has 3 aromatic rings. The first-order valence-corrected chi connectivity index (χ1v) is 7.49. The Balaban J connectivity index is 1.68. The third-order valence-corrected chi connectivity index (χ3v) is 3.54. The van der Waals surface area contributed by atoms with Gasteiger partial charge >= 0.3 is 0 Å². The summed E-state index contributed by atoms with van der Waals surface area (Å²) in [5.41, 5.74) is 1.12. The van der Waals surface area contributed by atoms with Crippen molar-refractivity contribution in [3.8, 4) is 11.5 Å². The molecule has 0 radical (unpaired) electrons. The fourth-order valence-electron chi connectivity index (χ4n) is 2.07. The van der Waals surface area contributed by atoms with Crippen LogP contribution in [0.15, 0.2) is 78.9 Å². The summed E-state index contributed by atoms with van der Waals surface area (Å²) in [6.45, 7) is 0. The Kier molecular flexibility index (Phi) is 4.60. The molecule has 114 valence electrons. The van der Waals surface area contributed by atoms with E-state index in [2.05, 4.69) is 5.32 Å². The summed E-state index contributed by atoms with van der Waals surface area (Å²) in [6.07, 6.45) is 0. The minimum atomic E-state index is -0.243. The molecule has 0 aromatic heterocycles. The number of benzene rings is 3. The number of carbonyl (C=O) groups is 1. The van der Waals surface area contributed by atoms with E-state index in [4.69, 9.17) is 16.3 Å². The molecule has 23 heavy (non-hydrogen) atoms. The molecule has 3 rings (SSSR count). The van der Waals surface area contributed by atoms with Crippen molar-refractivity contribution in [1.82, 2.24) is 0 Å². The number of anilines is 1. The molecule has 0 atom stereocenters. The highest BCUT2D eigenvalue weighted by atomic mass is 35.5. The number of carbonyl (C=O) groups excluding carboxylic acids is 1. The molecular formula is C19H14ClNO2. The Morgan fingerprint density at radius 2 is 1.39 bits per heavy atom. The second kappa shape index (κ2) is 6.99. The largest absolute Gasteiger partial charge is 0.457 e. The zero-order chi connectivity index (χ0) is 16.1. The van der Waals surface area contributed by atoms with E-state index in [9.17, 15) is 4.79 Å². The lowest BCUT2D eigenvalue weighted by Gasteiger charge is -2.08. The van der Waals surface area contributed by atoms with Crippen LogP contribution in [0.5, 0.6) is 11.5 Å². The monoisotopic (exact) mass is 323 g/mol. The lowest BCUT2D eigenvalue weighted by atomic mass is 10.2. The van der Waals surface area contributed by atoms with Gasteiger partial charge in [-0.2, -0.15) is 0 Å². The molecule has 1 N–H and O–H groups in total. The van der Waals surface area contributed by atoms with Crippen LogP contribution in [-0.4, -0.2) is 5.91 Å². The first kappa shape index (κ1) is 15.1. The van der Waals surface area contributed by atoms with E-state index in [0.717, 1.165) is 5.75 Å². The van der Waals surface area contributed by atoms with Crippen LogP contribution in [0.1, 0.15) is 10.4 Å². The maximum atomic E-state index is 12.2. The molecule has 0 bridgehead atoms. The molecular weight excluding hydrogens is 310 g/mol. The van der Waals surface area contributed by atoms with Crippen LogP contribution in [-0.2, 0) is 0 Å². The summed E-state index contributed by atoms with van der Waals surface area (Å²) < 4.78 is 5.71. The van der Waals surface area contributed by atoms with Gasteiger partial charge < -0.3 is 10.1 Å². The molecule has 0 spiro atoms. The molecule has 0 aliphatic rings. The van der Waals surface area contributed by atoms with Gasteiger partial charge in [0.15, 0.2) is 0 Å². The zero-order valence-electron chi connectivity index (χ0n) is 12.2. The SMILES string of the molecule is O=C(Nc1ccc(Oc2ccccc2)cc1)c1ccccc1Cl. The fourth-order valence-corrected chi connectivity index (χ4v) is 2.30. The lowest BCUT2D eigenvalue weighted by Crippen LogP contribution is -2.12. The van der Waals surface area contributed by atoms with E-state index in [-0.39, 0.29) is 5.91 Å². The highest BCUT2D eigenvalue weighted by Gasteiger charge is 2.09. The van der Waals surface area contributed by atoms with Crippen LogP contribution in [0.2, 0.25) is 5.02 Å². The van der Waals surface area contributed by atoms with Gasteiger partial charge in [0.25, 0.3) is 5.91 Å². The molecule has 0 saturated heterocycles. The van der Waals surface area contributed by atoms with Crippen LogP contribution >= 0.6 is 11.6 Å². The van der Waals surface area contributed by atoms with E-state index in [0.29, 0.717) is 22.0 Å². The first-order valence-electron chi connectivity index (χ1n) is 7.11. The van der Waals surface area contributed by atoms with E-state index in [1.807, 2.05) is 30.3 Å². The zero-order valence-corrected chi connectivity index (χ0v) is 13.0. The summed E-state index contributed by atoms with van der Waals surface area (Å²) >= 11 is 6.02. The van der Waals surface area contributed by atoms with Crippen molar-refractivity contribution < 1.29 is 9.53 Å². The van der Waals surface area contributed by atoms with Gasteiger partial charge in [0.1, 0.15) is 11.5 Å². The molecule has 1 amide bonds. The molecule has 3 nitrogen and oxygen atoms in total. The van der Waals surface area contributed by atoms with Crippen molar-refractivity contribution in [3.63, 3.8) is 0 Å². The quantitative estimate of drug-likeness (QED) is 0.699. The average molecular weight is 324 g/mol. The van der Waals surface area contributed by atoms with Gasteiger partial charge in [-0.15, -0.1) is 0 Å². The number of para-hydroxylation sites is 1. The summed E-state index contributed by atoms with van der Waals surface area (Å²) in [7, 11) is 0. The number of halogens is 1. The number of amides is 1. The molecule has 0 saturated carbocycles. The molecule has 0 unspecified atom stereocenters. The maximum absolute atomic E-state index is 12.2. The second-order valence-electron chi connectivity index (χ2n) is 4.87. The smallest absolute Gasteiger partial charge is 0.257 e.